The van der Waals surface area contributed by atoms with E-state index in [0.717, 1.165) is 19.3 Å². The Morgan fingerprint density at radius 1 is 1.41 bits per heavy atom. The highest BCUT2D eigenvalue weighted by Gasteiger charge is 2.47. The number of aromatic nitrogens is 2. The van der Waals surface area contributed by atoms with E-state index < -0.39 is 0 Å². The van der Waals surface area contributed by atoms with Gasteiger partial charge in [0.15, 0.2) is 0 Å². The van der Waals surface area contributed by atoms with E-state index in [9.17, 15) is 0 Å². The molecule has 96 valence electrons. The molecular formula is C14H24N2O. The molecule has 0 radical (unpaired) electrons. The zero-order chi connectivity index (χ0) is 12.7. The summed E-state index contributed by atoms with van der Waals surface area (Å²) in [7, 11) is 0. The van der Waals surface area contributed by atoms with Crippen molar-refractivity contribution in [1.82, 2.24) is 9.55 Å². The van der Waals surface area contributed by atoms with Crippen LogP contribution in [-0.4, -0.2) is 20.8 Å². The Morgan fingerprint density at radius 3 is 2.65 bits per heavy atom. The monoisotopic (exact) mass is 236 g/mol. The summed E-state index contributed by atoms with van der Waals surface area (Å²) in [6.45, 7) is 10.9. The van der Waals surface area contributed by atoms with Crippen LogP contribution in [0.3, 0.4) is 0 Å². The summed E-state index contributed by atoms with van der Waals surface area (Å²) in [5, 5.41) is 0. The second-order valence-electron chi connectivity index (χ2n) is 6.19. The van der Waals surface area contributed by atoms with Gasteiger partial charge in [0.05, 0.1) is 17.2 Å². The molecule has 1 aromatic heterocycles. The summed E-state index contributed by atoms with van der Waals surface area (Å²) >= 11 is 0. The van der Waals surface area contributed by atoms with Crippen molar-refractivity contribution >= 4 is 0 Å². The predicted octanol–water partition coefficient (Wildman–Crippen LogP) is 3.35. The third-order valence-electron chi connectivity index (χ3n) is 3.59. The van der Waals surface area contributed by atoms with Crippen molar-refractivity contribution in [3.05, 3.63) is 18.2 Å². The van der Waals surface area contributed by atoms with E-state index in [1.165, 1.54) is 5.82 Å². The summed E-state index contributed by atoms with van der Waals surface area (Å²) in [5.74, 6) is 1.19. The fourth-order valence-electron chi connectivity index (χ4n) is 3.01. The van der Waals surface area contributed by atoms with E-state index >= 15 is 0 Å². The van der Waals surface area contributed by atoms with Gasteiger partial charge in [0.2, 0.25) is 0 Å². The van der Waals surface area contributed by atoms with Gasteiger partial charge >= 0.3 is 0 Å². The lowest BCUT2D eigenvalue weighted by Crippen LogP contribution is -2.31. The van der Waals surface area contributed by atoms with E-state index in [4.69, 9.17) is 4.74 Å². The van der Waals surface area contributed by atoms with Crippen LogP contribution in [-0.2, 0) is 11.2 Å². The van der Waals surface area contributed by atoms with Crippen LogP contribution in [0.2, 0.25) is 0 Å². The molecule has 0 amide bonds. The number of ether oxygens (including phenoxy) is 1. The second kappa shape index (κ2) is 4.13. The van der Waals surface area contributed by atoms with Crippen molar-refractivity contribution < 1.29 is 4.74 Å². The van der Waals surface area contributed by atoms with Crippen molar-refractivity contribution in [3.63, 3.8) is 0 Å². The molecule has 3 heteroatoms. The van der Waals surface area contributed by atoms with E-state index in [2.05, 4.69) is 50.4 Å². The first-order valence-corrected chi connectivity index (χ1v) is 6.57. The first-order valence-electron chi connectivity index (χ1n) is 6.57. The zero-order valence-corrected chi connectivity index (χ0v) is 11.7. The van der Waals surface area contributed by atoms with Crippen molar-refractivity contribution in [2.24, 2.45) is 0 Å². The predicted molar refractivity (Wildman–Crippen MR) is 69.1 cm³/mol. The summed E-state index contributed by atoms with van der Waals surface area (Å²) in [4.78, 5) is 4.47. The first kappa shape index (κ1) is 12.6. The summed E-state index contributed by atoms with van der Waals surface area (Å²) in [6.07, 6.45) is 7.23. The fourth-order valence-corrected chi connectivity index (χ4v) is 3.01. The van der Waals surface area contributed by atoms with Crippen LogP contribution in [0.5, 0.6) is 0 Å². The third kappa shape index (κ3) is 2.39. The largest absolute Gasteiger partial charge is 0.367 e. The van der Waals surface area contributed by atoms with E-state index in [-0.39, 0.29) is 11.2 Å². The lowest BCUT2D eigenvalue weighted by atomic mass is 9.94. The molecule has 0 N–H and O–H groups in total. The Kier molecular flexibility index (Phi) is 3.06. The van der Waals surface area contributed by atoms with Crippen LogP contribution in [0.15, 0.2) is 12.4 Å². The molecule has 0 bridgehead atoms. The molecule has 1 aromatic rings. The third-order valence-corrected chi connectivity index (χ3v) is 3.59. The fraction of sp³-hybridized carbons (Fsp3) is 0.786. The highest BCUT2D eigenvalue weighted by atomic mass is 16.5. The standard InChI is InChI=1S/C14H24N2O/c1-6-7-12-15-8-9-16(12)11-10-13(2,3)17-14(11,4)5/h8-9,11H,6-7,10H2,1-5H3. The molecule has 1 aliphatic heterocycles. The number of nitrogens with zero attached hydrogens (tertiary/aromatic N) is 2. The van der Waals surface area contributed by atoms with Gasteiger partial charge < -0.3 is 9.30 Å². The molecule has 2 heterocycles. The van der Waals surface area contributed by atoms with Gasteiger partial charge in [-0.15, -0.1) is 0 Å². The van der Waals surface area contributed by atoms with Crippen LogP contribution >= 0.6 is 0 Å². The second-order valence-corrected chi connectivity index (χ2v) is 6.19. The Labute approximate surface area is 104 Å². The van der Waals surface area contributed by atoms with Crippen molar-refractivity contribution in [2.45, 2.75) is 71.1 Å². The number of rotatable bonds is 3. The molecule has 0 aromatic carbocycles. The smallest absolute Gasteiger partial charge is 0.108 e. The molecule has 1 unspecified atom stereocenters. The lowest BCUT2D eigenvalue weighted by molar-refractivity contribution is -0.0730. The maximum absolute atomic E-state index is 6.16. The van der Waals surface area contributed by atoms with Crippen LogP contribution in [0.4, 0.5) is 0 Å². The summed E-state index contributed by atoms with van der Waals surface area (Å²) in [6, 6.07) is 0.390. The lowest BCUT2D eigenvalue weighted by Gasteiger charge is -2.28. The molecule has 17 heavy (non-hydrogen) atoms. The normalized spacial score (nSPS) is 26.3. The number of aryl methyl sites for hydroxylation is 1. The molecule has 1 saturated heterocycles. The molecule has 1 aliphatic rings. The topological polar surface area (TPSA) is 27.1 Å². The summed E-state index contributed by atoms with van der Waals surface area (Å²) in [5.41, 5.74) is -0.158. The Hall–Kier alpha value is -0.830. The molecule has 0 spiro atoms. The summed E-state index contributed by atoms with van der Waals surface area (Å²) < 4.78 is 8.47. The number of imidazole rings is 1. The average molecular weight is 236 g/mol. The molecule has 1 atom stereocenters. The van der Waals surface area contributed by atoms with Crippen molar-refractivity contribution in [1.29, 1.82) is 0 Å². The first-order chi connectivity index (χ1) is 7.86. The van der Waals surface area contributed by atoms with Gasteiger partial charge in [-0.25, -0.2) is 4.98 Å². The van der Waals surface area contributed by atoms with Gasteiger partial charge in [-0.2, -0.15) is 0 Å². The Bertz CT molecular complexity index is 393. The minimum absolute atomic E-state index is 0.0398. The maximum Gasteiger partial charge on any atom is 0.108 e. The minimum atomic E-state index is -0.118. The zero-order valence-electron chi connectivity index (χ0n) is 11.7. The van der Waals surface area contributed by atoms with Gasteiger partial charge in [0.25, 0.3) is 0 Å². The van der Waals surface area contributed by atoms with Crippen LogP contribution < -0.4 is 0 Å². The van der Waals surface area contributed by atoms with Crippen LogP contribution in [0.25, 0.3) is 0 Å². The van der Waals surface area contributed by atoms with Crippen LogP contribution in [0.1, 0.15) is 59.3 Å². The number of hydrogen-bond acceptors (Lipinski definition) is 2. The van der Waals surface area contributed by atoms with Gasteiger partial charge in [0.1, 0.15) is 5.82 Å². The molecule has 3 nitrogen and oxygen atoms in total. The Balaban J connectivity index is 2.30. The van der Waals surface area contributed by atoms with Crippen LogP contribution in [0, 0.1) is 0 Å². The SMILES string of the molecule is CCCc1nccn1C1CC(C)(C)OC1(C)C. The van der Waals surface area contributed by atoms with Gasteiger partial charge in [-0.1, -0.05) is 6.92 Å². The molecule has 0 saturated carbocycles. The van der Waals surface area contributed by atoms with Gasteiger partial charge in [-0.05, 0) is 40.5 Å². The quantitative estimate of drug-likeness (QED) is 0.804. The molecule has 2 rings (SSSR count). The van der Waals surface area contributed by atoms with E-state index in [0.29, 0.717) is 6.04 Å². The molecule has 0 aliphatic carbocycles. The van der Waals surface area contributed by atoms with Gasteiger partial charge in [-0.3, -0.25) is 0 Å². The van der Waals surface area contributed by atoms with Crippen molar-refractivity contribution in [3.8, 4) is 0 Å². The molecule has 1 fully saturated rings. The highest BCUT2D eigenvalue weighted by molar-refractivity contribution is 5.05. The maximum atomic E-state index is 6.16. The average Bonchev–Trinajstić information content (AvgIpc) is 2.68. The molecular weight excluding hydrogens is 212 g/mol. The highest BCUT2D eigenvalue weighted by Crippen LogP contribution is 2.45. The van der Waals surface area contributed by atoms with E-state index in [1.54, 1.807) is 0 Å². The minimum Gasteiger partial charge on any atom is -0.367 e. The van der Waals surface area contributed by atoms with E-state index in [1.807, 2.05) is 6.20 Å². The number of hydrogen-bond donors (Lipinski definition) is 0. The Morgan fingerprint density at radius 2 is 2.12 bits per heavy atom. The van der Waals surface area contributed by atoms with Gasteiger partial charge in [0, 0.05) is 18.8 Å². The van der Waals surface area contributed by atoms with Crippen molar-refractivity contribution in [2.75, 3.05) is 0 Å².